The Morgan fingerprint density at radius 1 is 1.43 bits per heavy atom. The predicted molar refractivity (Wildman–Crippen MR) is 56.5 cm³/mol. The van der Waals surface area contributed by atoms with Crippen LogP contribution in [0.1, 0.15) is 31.9 Å². The largest absolute Gasteiger partial charge is 0.481 e. The zero-order valence-electron chi connectivity index (χ0n) is 8.87. The van der Waals surface area contributed by atoms with Gasteiger partial charge in [-0.1, -0.05) is 31.2 Å². The molecule has 0 aliphatic heterocycles. The lowest BCUT2D eigenvalue weighted by Crippen LogP contribution is -2.28. The maximum atomic E-state index is 11.0. The van der Waals surface area contributed by atoms with Crippen LogP contribution >= 0.6 is 0 Å². The van der Waals surface area contributed by atoms with Crippen LogP contribution in [0.15, 0.2) is 24.3 Å². The lowest BCUT2D eigenvalue weighted by atomic mass is 9.84. The Morgan fingerprint density at radius 3 is 2.57 bits per heavy atom. The van der Waals surface area contributed by atoms with Gasteiger partial charge in [0.2, 0.25) is 0 Å². The van der Waals surface area contributed by atoms with E-state index in [0.29, 0.717) is 0 Å². The van der Waals surface area contributed by atoms with Crippen LogP contribution in [0.4, 0.5) is 0 Å². The van der Waals surface area contributed by atoms with Crippen LogP contribution in [0.2, 0.25) is 0 Å². The Hall–Kier alpha value is -1.31. The number of carboxylic acid groups (broad SMARTS) is 1. The van der Waals surface area contributed by atoms with Gasteiger partial charge in [0, 0.05) is 0 Å². The monoisotopic (exact) mass is 192 g/mol. The fourth-order valence-electron chi connectivity index (χ4n) is 1.30. The third-order valence-corrected chi connectivity index (χ3v) is 2.59. The van der Waals surface area contributed by atoms with Gasteiger partial charge < -0.3 is 5.11 Å². The van der Waals surface area contributed by atoms with Crippen molar-refractivity contribution in [3.63, 3.8) is 0 Å². The molecule has 0 radical (unpaired) electrons. The minimum Gasteiger partial charge on any atom is -0.481 e. The van der Waals surface area contributed by atoms with Gasteiger partial charge in [-0.15, -0.1) is 0 Å². The summed E-state index contributed by atoms with van der Waals surface area (Å²) in [6, 6.07) is 7.77. The summed E-state index contributed by atoms with van der Waals surface area (Å²) in [4.78, 5) is 11.0. The summed E-state index contributed by atoms with van der Waals surface area (Å²) in [5, 5.41) is 9.06. The summed E-state index contributed by atoms with van der Waals surface area (Å²) in [5.74, 6) is -0.786. The van der Waals surface area contributed by atoms with Gasteiger partial charge in [0.05, 0.1) is 5.41 Å². The smallest absolute Gasteiger partial charge is 0.313 e. The van der Waals surface area contributed by atoms with Gasteiger partial charge in [-0.05, 0) is 31.4 Å². The molecule has 1 aromatic carbocycles. The van der Waals surface area contributed by atoms with E-state index in [9.17, 15) is 4.79 Å². The maximum Gasteiger partial charge on any atom is 0.313 e. The van der Waals surface area contributed by atoms with E-state index in [2.05, 4.69) is 6.92 Å². The van der Waals surface area contributed by atoms with Crippen molar-refractivity contribution >= 4 is 5.97 Å². The van der Waals surface area contributed by atoms with Crippen LogP contribution in [0, 0.1) is 0 Å². The van der Waals surface area contributed by atoms with Gasteiger partial charge in [-0.25, -0.2) is 0 Å². The van der Waals surface area contributed by atoms with Gasteiger partial charge in [0.15, 0.2) is 0 Å². The summed E-state index contributed by atoms with van der Waals surface area (Å²) in [6.07, 6.45) is 0.934. The fraction of sp³-hybridized carbons (Fsp3) is 0.417. The van der Waals surface area contributed by atoms with Gasteiger partial charge >= 0.3 is 5.97 Å². The van der Waals surface area contributed by atoms with Crippen molar-refractivity contribution < 1.29 is 9.90 Å². The van der Waals surface area contributed by atoms with E-state index in [-0.39, 0.29) is 0 Å². The molecule has 0 saturated heterocycles. The van der Waals surface area contributed by atoms with E-state index in [1.807, 2.05) is 24.3 Å². The zero-order valence-corrected chi connectivity index (χ0v) is 8.87. The molecular formula is C12H16O2. The van der Waals surface area contributed by atoms with Gasteiger partial charge in [-0.3, -0.25) is 4.79 Å². The lowest BCUT2D eigenvalue weighted by molar-refractivity contribution is -0.142. The maximum absolute atomic E-state index is 11.0. The predicted octanol–water partition coefficient (Wildman–Crippen LogP) is 2.61. The summed E-state index contributed by atoms with van der Waals surface area (Å²) in [5.41, 5.74) is 1.24. The average Bonchev–Trinajstić information content (AvgIpc) is 2.17. The van der Waals surface area contributed by atoms with E-state index in [4.69, 9.17) is 5.11 Å². The van der Waals surface area contributed by atoms with Gasteiger partial charge in [0.1, 0.15) is 0 Å². The normalized spacial score (nSPS) is 11.4. The van der Waals surface area contributed by atoms with Crippen LogP contribution in [0.5, 0.6) is 0 Å². The summed E-state index contributed by atoms with van der Waals surface area (Å²) < 4.78 is 0. The van der Waals surface area contributed by atoms with E-state index in [1.54, 1.807) is 13.8 Å². The highest BCUT2D eigenvalue weighted by atomic mass is 16.4. The number of hydrogen-bond donors (Lipinski definition) is 1. The van der Waals surface area contributed by atoms with Gasteiger partial charge in [0.25, 0.3) is 0 Å². The van der Waals surface area contributed by atoms with Crippen LogP contribution in [-0.4, -0.2) is 11.1 Å². The zero-order chi connectivity index (χ0) is 10.8. The molecule has 0 amide bonds. The highest BCUT2D eigenvalue weighted by molar-refractivity contribution is 5.80. The first kappa shape index (κ1) is 10.8. The van der Waals surface area contributed by atoms with E-state index in [0.717, 1.165) is 12.0 Å². The molecule has 1 N–H and O–H groups in total. The van der Waals surface area contributed by atoms with Crippen LogP contribution in [-0.2, 0) is 16.6 Å². The molecule has 76 valence electrons. The molecule has 0 unspecified atom stereocenters. The molecule has 0 aromatic heterocycles. The highest BCUT2D eigenvalue weighted by Crippen LogP contribution is 2.24. The second kappa shape index (κ2) is 3.82. The number of carboxylic acids is 1. The number of hydrogen-bond acceptors (Lipinski definition) is 1. The molecule has 0 saturated carbocycles. The topological polar surface area (TPSA) is 37.3 Å². The molecule has 1 aromatic rings. The molecule has 2 heteroatoms. The first-order valence-electron chi connectivity index (χ1n) is 4.81. The third kappa shape index (κ3) is 1.95. The minimum atomic E-state index is -0.800. The molecule has 0 aliphatic carbocycles. The van der Waals surface area contributed by atoms with Crippen molar-refractivity contribution in [2.75, 3.05) is 0 Å². The first-order chi connectivity index (χ1) is 6.48. The molecule has 0 fully saturated rings. The number of aryl methyl sites for hydroxylation is 1. The number of aliphatic carboxylic acids is 1. The van der Waals surface area contributed by atoms with E-state index in [1.165, 1.54) is 5.56 Å². The summed E-state index contributed by atoms with van der Waals surface area (Å²) in [6.45, 7) is 5.51. The first-order valence-corrected chi connectivity index (χ1v) is 4.81. The van der Waals surface area contributed by atoms with Gasteiger partial charge in [-0.2, -0.15) is 0 Å². The molecule has 0 spiro atoms. The average molecular weight is 192 g/mol. The van der Waals surface area contributed by atoms with Crippen molar-refractivity contribution in [1.29, 1.82) is 0 Å². The minimum absolute atomic E-state index is 0.786. The van der Waals surface area contributed by atoms with Crippen molar-refractivity contribution in [3.05, 3.63) is 35.4 Å². The third-order valence-electron chi connectivity index (χ3n) is 2.59. The Bertz CT molecular complexity index is 340. The molecule has 0 heterocycles. The van der Waals surface area contributed by atoms with E-state index >= 15 is 0 Å². The van der Waals surface area contributed by atoms with Crippen molar-refractivity contribution in [2.24, 2.45) is 0 Å². The molecule has 0 aliphatic rings. The quantitative estimate of drug-likeness (QED) is 0.799. The van der Waals surface area contributed by atoms with Crippen LogP contribution < -0.4 is 0 Å². The van der Waals surface area contributed by atoms with Crippen LogP contribution in [0.3, 0.4) is 0 Å². The fourth-order valence-corrected chi connectivity index (χ4v) is 1.30. The Morgan fingerprint density at radius 2 is 2.07 bits per heavy atom. The van der Waals surface area contributed by atoms with E-state index < -0.39 is 11.4 Å². The molecule has 0 atom stereocenters. The summed E-state index contributed by atoms with van der Waals surface area (Å²) >= 11 is 0. The van der Waals surface area contributed by atoms with Crippen LogP contribution in [0.25, 0.3) is 0 Å². The lowest BCUT2D eigenvalue weighted by Gasteiger charge is -2.20. The molecule has 0 bridgehead atoms. The number of rotatable bonds is 3. The SMILES string of the molecule is CCc1cccc(C(C)(C)C(=O)O)c1. The van der Waals surface area contributed by atoms with Crippen molar-refractivity contribution in [2.45, 2.75) is 32.6 Å². The number of benzene rings is 1. The second-order valence-corrected chi connectivity index (χ2v) is 3.98. The molecule has 2 nitrogen and oxygen atoms in total. The van der Waals surface area contributed by atoms with Crippen molar-refractivity contribution in [3.8, 4) is 0 Å². The molecule has 14 heavy (non-hydrogen) atoms. The highest BCUT2D eigenvalue weighted by Gasteiger charge is 2.29. The molecule has 1 rings (SSSR count). The van der Waals surface area contributed by atoms with Crippen molar-refractivity contribution in [1.82, 2.24) is 0 Å². The summed E-state index contributed by atoms with van der Waals surface area (Å²) in [7, 11) is 0. The Balaban J connectivity index is 3.12. The Kier molecular flexibility index (Phi) is 2.94. The Labute approximate surface area is 84.6 Å². The standard InChI is InChI=1S/C12H16O2/c1-4-9-6-5-7-10(8-9)12(2,3)11(13)14/h5-8H,4H2,1-3H3,(H,13,14). The molecular weight excluding hydrogens is 176 g/mol. The second-order valence-electron chi connectivity index (χ2n) is 3.98. The number of carbonyl (C=O) groups is 1.